The highest BCUT2D eigenvalue weighted by Gasteiger charge is 2.07. The zero-order valence-electron chi connectivity index (χ0n) is 12.4. The number of rotatable bonds is 8. The quantitative estimate of drug-likeness (QED) is 0.502. The van der Waals surface area contributed by atoms with E-state index in [4.69, 9.17) is 9.84 Å². The molecule has 1 aromatic carbocycles. The molecule has 0 radical (unpaired) electrons. The summed E-state index contributed by atoms with van der Waals surface area (Å²) < 4.78 is 4.95. The highest BCUT2D eigenvalue weighted by Crippen LogP contribution is 2.15. The number of amides is 3. The lowest BCUT2D eigenvalue weighted by atomic mass is 10.3. The zero-order chi connectivity index (χ0) is 17.2. The molecular formula is C14H17N3O6. The first kappa shape index (κ1) is 18.0. The molecule has 23 heavy (non-hydrogen) atoms. The van der Waals surface area contributed by atoms with Crippen LogP contribution < -0.4 is 20.7 Å². The molecule has 0 aliphatic carbocycles. The normalized spacial score (nSPS) is 9.61. The summed E-state index contributed by atoms with van der Waals surface area (Å²) in [5.41, 5.74) is 0.466. The van der Waals surface area contributed by atoms with Crippen LogP contribution >= 0.6 is 0 Å². The third-order valence-electron chi connectivity index (χ3n) is 2.44. The number of carboxylic acid groups (broad SMARTS) is 1. The molecule has 0 aliphatic rings. The van der Waals surface area contributed by atoms with Crippen molar-refractivity contribution in [1.29, 1.82) is 0 Å². The fourth-order valence-corrected chi connectivity index (χ4v) is 1.43. The Morgan fingerprint density at radius 1 is 1.00 bits per heavy atom. The first-order chi connectivity index (χ1) is 10.9. The maximum absolute atomic E-state index is 11.6. The van der Waals surface area contributed by atoms with Gasteiger partial charge >= 0.3 is 5.97 Å². The summed E-state index contributed by atoms with van der Waals surface area (Å²) in [4.78, 5) is 43.9. The summed E-state index contributed by atoms with van der Waals surface area (Å²) in [5, 5.41) is 15.7. The minimum Gasteiger partial charge on any atom is -0.482 e. The second kappa shape index (κ2) is 9.03. The van der Waals surface area contributed by atoms with Crippen molar-refractivity contribution in [1.82, 2.24) is 10.6 Å². The van der Waals surface area contributed by atoms with Gasteiger partial charge in [-0.1, -0.05) is 0 Å². The third-order valence-corrected chi connectivity index (χ3v) is 2.44. The van der Waals surface area contributed by atoms with E-state index in [0.717, 1.165) is 0 Å². The van der Waals surface area contributed by atoms with Gasteiger partial charge in [-0.3, -0.25) is 14.4 Å². The average molecular weight is 323 g/mol. The molecule has 0 bridgehead atoms. The molecule has 0 fully saturated rings. The number of ether oxygens (including phenoxy) is 1. The van der Waals surface area contributed by atoms with Crippen LogP contribution in [0, 0.1) is 0 Å². The van der Waals surface area contributed by atoms with Crippen molar-refractivity contribution in [3.05, 3.63) is 24.3 Å². The van der Waals surface area contributed by atoms with E-state index in [1.165, 1.54) is 31.2 Å². The Labute approximate surface area is 132 Å². The van der Waals surface area contributed by atoms with E-state index in [-0.39, 0.29) is 19.0 Å². The monoisotopic (exact) mass is 323 g/mol. The molecule has 0 saturated carbocycles. The average Bonchev–Trinajstić information content (AvgIpc) is 2.50. The van der Waals surface area contributed by atoms with Crippen LogP contribution in [0.3, 0.4) is 0 Å². The van der Waals surface area contributed by atoms with Crippen LogP contribution in [-0.4, -0.2) is 48.5 Å². The zero-order valence-corrected chi connectivity index (χ0v) is 12.4. The molecule has 9 nitrogen and oxygen atoms in total. The van der Waals surface area contributed by atoms with E-state index < -0.39 is 24.4 Å². The number of hydrogen-bond acceptors (Lipinski definition) is 5. The number of anilines is 1. The first-order valence-corrected chi connectivity index (χ1v) is 6.62. The van der Waals surface area contributed by atoms with Gasteiger partial charge < -0.3 is 25.8 Å². The predicted molar refractivity (Wildman–Crippen MR) is 79.9 cm³/mol. The van der Waals surface area contributed by atoms with Crippen LogP contribution in [0.2, 0.25) is 0 Å². The molecule has 0 spiro atoms. The predicted octanol–water partition coefficient (Wildman–Crippen LogP) is -0.659. The standard InChI is InChI=1S/C14H17N3O6/c1-9(18)15-6-12(19)16-7-13(20)17-10-2-4-11(5-3-10)23-8-14(21)22/h2-5H,6-8H2,1H3,(H,15,18)(H,16,19)(H,17,20)(H,21,22). The van der Waals surface area contributed by atoms with Gasteiger partial charge in [-0.15, -0.1) is 0 Å². The highest BCUT2D eigenvalue weighted by atomic mass is 16.5. The highest BCUT2D eigenvalue weighted by molar-refractivity contribution is 5.95. The van der Waals surface area contributed by atoms with Gasteiger partial charge in [0.25, 0.3) is 0 Å². The van der Waals surface area contributed by atoms with Crippen LogP contribution in [0.25, 0.3) is 0 Å². The molecule has 124 valence electrons. The number of carbonyl (C=O) groups is 4. The van der Waals surface area contributed by atoms with Crippen molar-refractivity contribution in [2.24, 2.45) is 0 Å². The van der Waals surface area contributed by atoms with Gasteiger partial charge in [0.15, 0.2) is 6.61 Å². The summed E-state index contributed by atoms with van der Waals surface area (Å²) >= 11 is 0. The summed E-state index contributed by atoms with van der Waals surface area (Å²) in [7, 11) is 0. The number of hydrogen-bond donors (Lipinski definition) is 4. The second-order valence-electron chi connectivity index (χ2n) is 4.44. The molecule has 0 atom stereocenters. The molecule has 4 N–H and O–H groups in total. The van der Waals surface area contributed by atoms with Crippen molar-refractivity contribution >= 4 is 29.4 Å². The lowest BCUT2D eigenvalue weighted by Gasteiger charge is -2.08. The topological polar surface area (TPSA) is 134 Å². The third kappa shape index (κ3) is 8.05. The Hall–Kier alpha value is -3.10. The van der Waals surface area contributed by atoms with Crippen molar-refractivity contribution in [3.63, 3.8) is 0 Å². The summed E-state index contributed by atoms with van der Waals surface area (Å²) in [6.45, 7) is 0.393. The van der Waals surface area contributed by atoms with Gasteiger partial charge in [0.2, 0.25) is 17.7 Å². The van der Waals surface area contributed by atoms with Crippen LogP contribution in [0.4, 0.5) is 5.69 Å². The Kier molecular flexibility index (Phi) is 7.05. The molecule has 1 rings (SSSR count). The van der Waals surface area contributed by atoms with E-state index in [1.54, 1.807) is 0 Å². The van der Waals surface area contributed by atoms with E-state index in [9.17, 15) is 19.2 Å². The Bertz CT molecular complexity index is 585. The summed E-state index contributed by atoms with van der Waals surface area (Å²) in [6.07, 6.45) is 0. The van der Waals surface area contributed by atoms with Gasteiger partial charge in [-0.25, -0.2) is 4.79 Å². The van der Waals surface area contributed by atoms with E-state index in [1.807, 2.05) is 0 Å². The SMILES string of the molecule is CC(=O)NCC(=O)NCC(=O)Nc1ccc(OCC(=O)O)cc1. The molecular weight excluding hydrogens is 306 g/mol. The summed E-state index contributed by atoms with van der Waals surface area (Å²) in [6, 6.07) is 6.09. The van der Waals surface area contributed by atoms with Gasteiger partial charge in [0.1, 0.15) is 5.75 Å². The van der Waals surface area contributed by atoms with Crippen molar-refractivity contribution < 1.29 is 29.0 Å². The van der Waals surface area contributed by atoms with Crippen LogP contribution in [0.5, 0.6) is 5.75 Å². The Morgan fingerprint density at radius 3 is 2.17 bits per heavy atom. The maximum Gasteiger partial charge on any atom is 0.341 e. The molecule has 0 aromatic heterocycles. The summed E-state index contributed by atoms with van der Waals surface area (Å²) in [5.74, 6) is -1.99. The van der Waals surface area contributed by atoms with Crippen molar-refractivity contribution in [2.45, 2.75) is 6.92 Å². The molecule has 1 aromatic rings. The number of carboxylic acids is 1. The lowest BCUT2D eigenvalue weighted by molar-refractivity contribution is -0.139. The lowest BCUT2D eigenvalue weighted by Crippen LogP contribution is -2.39. The van der Waals surface area contributed by atoms with Gasteiger partial charge in [-0.05, 0) is 24.3 Å². The number of nitrogens with one attached hydrogen (secondary N) is 3. The van der Waals surface area contributed by atoms with Gasteiger partial charge in [0.05, 0.1) is 13.1 Å². The number of benzene rings is 1. The minimum atomic E-state index is -1.09. The Morgan fingerprint density at radius 2 is 1.61 bits per heavy atom. The second-order valence-corrected chi connectivity index (χ2v) is 4.44. The smallest absolute Gasteiger partial charge is 0.341 e. The van der Waals surface area contributed by atoms with Crippen LogP contribution in [0.1, 0.15) is 6.92 Å². The van der Waals surface area contributed by atoms with Gasteiger partial charge in [-0.2, -0.15) is 0 Å². The van der Waals surface area contributed by atoms with Crippen molar-refractivity contribution in [2.75, 3.05) is 25.0 Å². The van der Waals surface area contributed by atoms with Crippen LogP contribution in [-0.2, 0) is 19.2 Å². The Balaban J connectivity index is 2.35. The van der Waals surface area contributed by atoms with E-state index in [0.29, 0.717) is 11.4 Å². The number of carbonyl (C=O) groups excluding carboxylic acids is 3. The fraction of sp³-hybridized carbons (Fsp3) is 0.286. The van der Waals surface area contributed by atoms with Gasteiger partial charge in [0, 0.05) is 12.6 Å². The first-order valence-electron chi connectivity index (χ1n) is 6.62. The fourth-order valence-electron chi connectivity index (χ4n) is 1.43. The van der Waals surface area contributed by atoms with Crippen LogP contribution in [0.15, 0.2) is 24.3 Å². The largest absolute Gasteiger partial charge is 0.482 e. The molecule has 0 heterocycles. The van der Waals surface area contributed by atoms with E-state index >= 15 is 0 Å². The molecule has 0 unspecified atom stereocenters. The number of aliphatic carboxylic acids is 1. The maximum atomic E-state index is 11.6. The molecule has 0 aliphatic heterocycles. The van der Waals surface area contributed by atoms with Crippen molar-refractivity contribution in [3.8, 4) is 5.75 Å². The minimum absolute atomic E-state index is 0.196. The molecule has 3 amide bonds. The molecule has 0 saturated heterocycles. The van der Waals surface area contributed by atoms with E-state index in [2.05, 4.69) is 16.0 Å². The molecule has 9 heteroatoms.